The van der Waals surface area contributed by atoms with E-state index in [1.54, 1.807) is 7.11 Å². The van der Waals surface area contributed by atoms with Gasteiger partial charge in [-0.05, 0) is 69.0 Å². The first-order chi connectivity index (χ1) is 16.8. The van der Waals surface area contributed by atoms with Gasteiger partial charge in [-0.3, -0.25) is 4.79 Å². The third-order valence-electron chi connectivity index (χ3n) is 6.99. The molecule has 7 nitrogen and oxygen atoms in total. The van der Waals surface area contributed by atoms with Crippen LogP contribution in [0.1, 0.15) is 54.0 Å². The molecular formula is C28H37N5O2. The molecular weight excluding hydrogens is 438 g/mol. The van der Waals surface area contributed by atoms with Crippen molar-refractivity contribution in [2.24, 2.45) is 5.73 Å². The molecule has 1 atom stereocenters. The number of likely N-dealkylation sites (tertiary alicyclic amines) is 1. The quantitative estimate of drug-likeness (QED) is 0.540. The molecule has 1 unspecified atom stereocenters. The monoisotopic (exact) mass is 475 g/mol. The highest BCUT2D eigenvalue weighted by Gasteiger charge is 2.25. The van der Waals surface area contributed by atoms with Gasteiger partial charge in [-0.1, -0.05) is 13.5 Å². The third kappa shape index (κ3) is 4.65. The van der Waals surface area contributed by atoms with Gasteiger partial charge >= 0.3 is 0 Å². The lowest BCUT2D eigenvalue weighted by molar-refractivity contribution is 0.0708. The topological polar surface area (TPSA) is 76.6 Å². The van der Waals surface area contributed by atoms with Crippen molar-refractivity contribution in [2.75, 3.05) is 32.1 Å². The third-order valence-corrected chi connectivity index (χ3v) is 6.99. The van der Waals surface area contributed by atoms with Gasteiger partial charge in [-0.15, -0.1) is 0 Å². The average molecular weight is 476 g/mol. The second-order valence-corrected chi connectivity index (χ2v) is 9.35. The Balaban J connectivity index is 1.69. The number of carbonyl (C=O) groups excluding carboxylic acids is 1. The van der Waals surface area contributed by atoms with E-state index in [2.05, 4.69) is 43.2 Å². The SMILES string of the molecule is C=C(c1cc2ccc(CC)nc2n1CC)N(C)c1c(C)cc(C(=O)N2CCCC(N)C2)cc1OC. The second-order valence-electron chi connectivity index (χ2n) is 9.35. The Kier molecular flexibility index (Phi) is 7.17. The van der Waals surface area contributed by atoms with E-state index in [1.165, 1.54) is 0 Å². The minimum absolute atomic E-state index is 0.00140. The fourth-order valence-electron chi connectivity index (χ4n) is 5.06. The van der Waals surface area contributed by atoms with Crippen LogP contribution in [0.15, 0.2) is 36.9 Å². The van der Waals surface area contributed by atoms with Crippen molar-refractivity contribution in [3.8, 4) is 5.75 Å². The summed E-state index contributed by atoms with van der Waals surface area (Å²) in [4.78, 5) is 22.0. The number of fused-ring (bicyclic) bond motifs is 1. The normalized spacial score (nSPS) is 15.9. The summed E-state index contributed by atoms with van der Waals surface area (Å²) in [6, 6.07) is 10.2. The largest absolute Gasteiger partial charge is 0.495 e. The van der Waals surface area contributed by atoms with Crippen molar-refractivity contribution in [2.45, 2.75) is 52.6 Å². The standard InChI is InChI=1S/C28H37N5O2/c1-7-23-12-11-20-15-24(33(8-2)27(20)30-23)19(4)31(5)26-18(3)14-21(16-25(26)35-6)28(34)32-13-9-10-22(29)17-32/h11-12,14-16,22H,4,7-10,13,17,29H2,1-3,5-6H3. The van der Waals surface area contributed by atoms with Crippen LogP contribution in [0, 0.1) is 6.92 Å². The number of nitrogens with two attached hydrogens (primary N) is 1. The first kappa shape index (κ1) is 24.8. The Morgan fingerprint density at radius 1 is 1.29 bits per heavy atom. The number of anilines is 1. The lowest BCUT2D eigenvalue weighted by Gasteiger charge is -2.31. The van der Waals surface area contributed by atoms with E-state index in [1.807, 2.05) is 35.9 Å². The van der Waals surface area contributed by atoms with E-state index < -0.39 is 0 Å². The van der Waals surface area contributed by atoms with Crippen LogP contribution >= 0.6 is 0 Å². The molecule has 0 aliphatic carbocycles. The zero-order valence-corrected chi connectivity index (χ0v) is 21.6. The van der Waals surface area contributed by atoms with Crippen LogP contribution < -0.4 is 15.4 Å². The molecule has 0 spiro atoms. The smallest absolute Gasteiger partial charge is 0.254 e. The molecule has 1 aromatic carbocycles. The number of piperidine rings is 1. The predicted molar refractivity (Wildman–Crippen MR) is 143 cm³/mol. The Morgan fingerprint density at radius 3 is 2.71 bits per heavy atom. The zero-order chi connectivity index (χ0) is 25.3. The highest BCUT2D eigenvalue weighted by molar-refractivity contribution is 5.97. The summed E-state index contributed by atoms with van der Waals surface area (Å²) in [6.07, 6.45) is 2.79. The molecule has 1 aliphatic rings. The number of aromatic nitrogens is 2. The number of carbonyl (C=O) groups is 1. The highest BCUT2D eigenvalue weighted by Crippen LogP contribution is 2.38. The van der Waals surface area contributed by atoms with Gasteiger partial charge in [-0.25, -0.2) is 4.98 Å². The van der Waals surface area contributed by atoms with Crippen LogP contribution in [-0.4, -0.2) is 53.6 Å². The first-order valence-corrected chi connectivity index (χ1v) is 12.4. The molecule has 1 saturated heterocycles. The van der Waals surface area contributed by atoms with E-state index in [-0.39, 0.29) is 11.9 Å². The number of ether oxygens (including phenoxy) is 1. The molecule has 186 valence electrons. The lowest BCUT2D eigenvalue weighted by Crippen LogP contribution is -2.45. The molecule has 1 fully saturated rings. The lowest BCUT2D eigenvalue weighted by atomic mass is 10.0. The minimum Gasteiger partial charge on any atom is -0.495 e. The molecule has 3 aromatic rings. The number of nitrogens with zero attached hydrogens (tertiary/aromatic N) is 4. The van der Waals surface area contributed by atoms with Crippen molar-refractivity contribution in [3.05, 3.63) is 59.4 Å². The van der Waals surface area contributed by atoms with E-state index in [4.69, 9.17) is 15.5 Å². The van der Waals surface area contributed by atoms with E-state index in [0.29, 0.717) is 17.9 Å². The van der Waals surface area contributed by atoms with E-state index in [0.717, 1.165) is 71.7 Å². The maximum absolute atomic E-state index is 13.2. The van der Waals surface area contributed by atoms with Crippen molar-refractivity contribution in [1.29, 1.82) is 0 Å². The molecule has 1 amide bonds. The molecule has 35 heavy (non-hydrogen) atoms. The highest BCUT2D eigenvalue weighted by atomic mass is 16.5. The molecule has 3 heterocycles. The first-order valence-electron chi connectivity index (χ1n) is 12.4. The van der Waals surface area contributed by atoms with Crippen LogP contribution in [0.2, 0.25) is 0 Å². The second kappa shape index (κ2) is 10.1. The van der Waals surface area contributed by atoms with Gasteiger partial charge in [0.2, 0.25) is 0 Å². The summed E-state index contributed by atoms with van der Waals surface area (Å²) in [5, 5.41) is 1.10. The summed E-state index contributed by atoms with van der Waals surface area (Å²) >= 11 is 0. The van der Waals surface area contributed by atoms with Gasteiger partial charge in [0.05, 0.1) is 24.2 Å². The zero-order valence-electron chi connectivity index (χ0n) is 21.6. The number of hydrogen-bond acceptors (Lipinski definition) is 5. The number of methoxy groups -OCH3 is 1. The van der Waals surface area contributed by atoms with Gasteiger partial charge in [0.25, 0.3) is 5.91 Å². The van der Waals surface area contributed by atoms with Crippen LogP contribution in [0.25, 0.3) is 16.7 Å². The number of benzene rings is 1. The van der Waals surface area contributed by atoms with Crippen LogP contribution in [0.4, 0.5) is 5.69 Å². The van der Waals surface area contributed by atoms with Crippen LogP contribution in [-0.2, 0) is 13.0 Å². The summed E-state index contributed by atoms with van der Waals surface area (Å²) in [5.41, 5.74) is 12.5. The summed E-state index contributed by atoms with van der Waals surface area (Å²) in [6.45, 7) is 12.8. The maximum atomic E-state index is 13.2. The maximum Gasteiger partial charge on any atom is 0.254 e. The number of rotatable bonds is 7. The molecule has 0 bridgehead atoms. The molecule has 1 aliphatic heterocycles. The van der Waals surface area contributed by atoms with Crippen LogP contribution in [0.5, 0.6) is 5.75 Å². The van der Waals surface area contributed by atoms with E-state index >= 15 is 0 Å². The molecule has 4 rings (SSSR count). The average Bonchev–Trinajstić information content (AvgIpc) is 3.24. The van der Waals surface area contributed by atoms with Gasteiger partial charge < -0.3 is 24.8 Å². The summed E-state index contributed by atoms with van der Waals surface area (Å²) in [5.74, 6) is 0.641. The van der Waals surface area contributed by atoms with Gasteiger partial charge in [-0.2, -0.15) is 0 Å². The summed E-state index contributed by atoms with van der Waals surface area (Å²) < 4.78 is 7.98. The Labute approximate surface area is 208 Å². The molecule has 2 aromatic heterocycles. The van der Waals surface area contributed by atoms with Crippen molar-refractivity contribution < 1.29 is 9.53 Å². The number of amides is 1. The molecule has 0 radical (unpaired) electrons. The fraction of sp³-hybridized carbons (Fsp3) is 0.429. The predicted octanol–water partition coefficient (Wildman–Crippen LogP) is 4.61. The summed E-state index contributed by atoms with van der Waals surface area (Å²) in [7, 11) is 3.63. The number of hydrogen-bond donors (Lipinski definition) is 1. The van der Waals surface area contributed by atoms with Gasteiger partial charge in [0.1, 0.15) is 11.4 Å². The van der Waals surface area contributed by atoms with Crippen molar-refractivity contribution >= 4 is 28.3 Å². The minimum atomic E-state index is -0.00140. The van der Waals surface area contributed by atoms with Crippen molar-refractivity contribution in [1.82, 2.24) is 14.5 Å². The molecule has 2 N–H and O–H groups in total. The van der Waals surface area contributed by atoms with Gasteiger partial charge in [0.15, 0.2) is 0 Å². The van der Waals surface area contributed by atoms with Gasteiger partial charge in [0, 0.05) is 49.4 Å². The Bertz CT molecular complexity index is 1260. The number of pyridine rings is 1. The fourth-order valence-corrected chi connectivity index (χ4v) is 5.06. The van der Waals surface area contributed by atoms with E-state index in [9.17, 15) is 4.79 Å². The molecule has 7 heteroatoms. The van der Waals surface area contributed by atoms with Crippen molar-refractivity contribution in [3.63, 3.8) is 0 Å². The Hall–Kier alpha value is -3.32. The molecule has 0 saturated carbocycles. The Morgan fingerprint density at radius 2 is 2.06 bits per heavy atom. The number of aryl methyl sites for hydroxylation is 3. The van der Waals surface area contributed by atoms with Crippen LogP contribution in [0.3, 0.4) is 0 Å².